The lowest BCUT2D eigenvalue weighted by Gasteiger charge is -2.10. The number of likely N-dealkylation sites (N-methyl/N-ethyl adjacent to an activating group) is 1. The number of nitrogens with zero attached hydrogens (tertiary/aromatic N) is 3. The normalized spacial score (nSPS) is 10.8. The molecule has 0 spiro atoms. The van der Waals surface area contributed by atoms with E-state index in [9.17, 15) is 9.59 Å². The van der Waals surface area contributed by atoms with Crippen molar-refractivity contribution in [1.29, 1.82) is 0 Å². The van der Waals surface area contributed by atoms with Gasteiger partial charge in [-0.1, -0.05) is 0 Å². The standard InChI is InChI=1S/C10H15N3O3/c1-12(2)5-4-7-6-11-13(3)9(14)8(7)10(15)16/h6H,4-5H2,1-3H3,(H,15,16). The van der Waals surface area contributed by atoms with Gasteiger partial charge < -0.3 is 10.0 Å². The summed E-state index contributed by atoms with van der Waals surface area (Å²) in [6.45, 7) is 0.676. The van der Waals surface area contributed by atoms with Gasteiger partial charge in [0.05, 0.1) is 6.20 Å². The smallest absolute Gasteiger partial charge is 0.341 e. The summed E-state index contributed by atoms with van der Waals surface area (Å²) in [5, 5.41) is 12.8. The molecule has 0 unspecified atom stereocenters. The average Bonchev–Trinajstić information content (AvgIpc) is 2.19. The van der Waals surface area contributed by atoms with Crippen molar-refractivity contribution >= 4 is 5.97 Å². The molecule has 0 fully saturated rings. The molecule has 0 atom stereocenters. The second-order valence-corrected chi connectivity index (χ2v) is 3.83. The fourth-order valence-corrected chi connectivity index (χ4v) is 1.33. The highest BCUT2D eigenvalue weighted by atomic mass is 16.4. The highest BCUT2D eigenvalue weighted by Crippen LogP contribution is 2.03. The summed E-state index contributed by atoms with van der Waals surface area (Å²) in [4.78, 5) is 24.5. The first-order valence-electron chi connectivity index (χ1n) is 4.86. The molecule has 0 saturated carbocycles. The Balaban J connectivity index is 3.14. The van der Waals surface area contributed by atoms with Crippen LogP contribution in [0, 0.1) is 0 Å². The van der Waals surface area contributed by atoms with Gasteiger partial charge in [0.25, 0.3) is 5.56 Å². The zero-order chi connectivity index (χ0) is 12.3. The molecule has 0 radical (unpaired) electrons. The van der Waals surface area contributed by atoms with Crippen LogP contribution in [-0.2, 0) is 13.5 Å². The number of aromatic carboxylic acids is 1. The summed E-state index contributed by atoms with van der Waals surface area (Å²) in [5.41, 5.74) is -0.271. The Morgan fingerprint density at radius 2 is 2.19 bits per heavy atom. The van der Waals surface area contributed by atoms with Gasteiger partial charge in [0, 0.05) is 13.6 Å². The first kappa shape index (κ1) is 12.4. The van der Waals surface area contributed by atoms with Crippen LogP contribution in [0.2, 0.25) is 0 Å². The van der Waals surface area contributed by atoms with E-state index in [2.05, 4.69) is 5.10 Å². The molecule has 1 aromatic rings. The summed E-state index contributed by atoms with van der Waals surface area (Å²) >= 11 is 0. The summed E-state index contributed by atoms with van der Waals surface area (Å²) in [6, 6.07) is 0. The van der Waals surface area contributed by atoms with Crippen LogP contribution in [0.3, 0.4) is 0 Å². The monoisotopic (exact) mass is 225 g/mol. The number of hydrogen-bond acceptors (Lipinski definition) is 4. The van der Waals surface area contributed by atoms with Crippen molar-refractivity contribution in [1.82, 2.24) is 14.7 Å². The topological polar surface area (TPSA) is 75.4 Å². The van der Waals surface area contributed by atoms with Crippen molar-refractivity contribution in [3.05, 3.63) is 27.7 Å². The highest BCUT2D eigenvalue weighted by molar-refractivity contribution is 5.88. The van der Waals surface area contributed by atoms with E-state index in [4.69, 9.17) is 5.11 Å². The molecule has 1 aromatic heterocycles. The summed E-state index contributed by atoms with van der Waals surface area (Å²) in [6.07, 6.45) is 1.94. The fourth-order valence-electron chi connectivity index (χ4n) is 1.33. The van der Waals surface area contributed by atoms with Crippen LogP contribution in [0.5, 0.6) is 0 Å². The molecule has 0 bridgehead atoms. The molecule has 6 heteroatoms. The van der Waals surface area contributed by atoms with Crippen LogP contribution in [-0.4, -0.2) is 46.4 Å². The third-order valence-electron chi connectivity index (χ3n) is 2.26. The molecule has 1 heterocycles. The third-order valence-corrected chi connectivity index (χ3v) is 2.26. The fraction of sp³-hybridized carbons (Fsp3) is 0.500. The summed E-state index contributed by atoms with van der Waals surface area (Å²) in [5.74, 6) is -1.20. The van der Waals surface area contributed by atoms with Crippen molar-refractivity contribution in [2.24, 2.45) is 7.05 Å². The number of hydrogen-bond donors (Lipinski definition) is 1. The maximum atomic E-state index is 11.6. The van der Waals surface area contributed by atoms with Gasteiger partial charge in [0.15, 0.2) is 0 Å². The second-order valence-electron chi connectivity index (χ2n) is 3.83. The molecule has 0 aromatic carbocycles. The van der Waals surface area contributed by atoms with E-state index in [1.54, 1.807) is 0 Å². The lowest BCUT2D eigenvalue weighted by molar-refractivity contribution is 0.0692. The van der Waals surface area contributed by atoms with Crippen LogP contribution in [0.4, 0.5) is 0 Å². The molecule has 0 aliphatic heterocycles. The molecule has 0 aliphatic rings. The Morgan fingerprint density at radius 3 is 2.69 bits per heavy atom. The van der Waals surface area contributed by atoms with E-state index >= 15 is 0 Å². The molecule has 16 heavy (non-hydrogen) atoms. The van der Waals surface area contributed by atoms with E-state index in [0.29, 0.717) is 18.5 Å². The maximum Gasteiger partial charge on any atom is 0.341 e. The number of carboxylic acids is 1. The Labute approximate surface area is 93.1 Å². The van der Waals surface area contributed by atoms with Crippen LogP contribution in [0.25, 0.3) is 0 Å². The van der Waals surface area contributed by atoms with Crippen molar-refractivity contribution in [2.45, 2.75) is 6.42 Å². The molecule has 0 aliphatic carbocycles. The van der Waals surface area contributed by atoms with Crippen LogP contribution >= 0.6 is 0 Å². The predicted molar refractivity (Wildman–Crippen MR) is 58.7 cm³/mol. The van der Waals surface area contributed by atoms with E-state index in [-0.39, 0.29) is 5.56 Å². The minimum Gasteiger partial charge on any atom is -0.477 e. The van der Waals surface area contributed by atoms with Crippen molar-refractivity contribution in [2.75, 3.05) is 20.6 Å². The molecule has 0 saturated heterocycles. The average molecular weight is 225 g/mol. The lowest BCUT2D eigenvalue weighted by Crippen LogP contribution is -2.29. The Bertz CT molecular complexity index is 451. The number of aryl methyl sites for hydroxylation is 1. The summed E-state index contributed by atoms with van der Waals surface area (Å²) in [7, 11) is 5.20. The molecule has 6 nitrogen and oxygen atoms in total. The lowest BCUT2D eigenvalue weighted by atomic mass is 10.1. The second kappa shape index (κ2) is 4.89. The van der Waals surface area contributed by atoms with Crippen molar-refractivity contribution < 1.29 is 9.90 Å². The van der Waals surface area contributed by atoms with E-state index in [1.807, 2.05) is 19.0 Å². The van der Waals surface area contributed by atoms with Gasteiger partial charge >= 0.3 is 5.97 Å². The summed E-state index contributed by atoms with van der Waals surface area (Å²) < 4.78 is 1.03. The number of carboxylic acid groups (broad SMARTS) is 1. The SMILES string of the molecule is CN(C)CCc1cnn(C)c(=O)c1C(=O)O. The third kappa shape index (κ3) is 2.66. The number of rotatable bonds is 4. The van der Waals surface area contributed by atoms with Gasteiger partial charge in [-0.25, -0.2) is 9.48 Å². The quantitative estimate of drug-likeness (QED) is 0.753. The van der Waals surface area contributed by atoms with E-state index < -0.39 is 11.5 Å². The van der Waals surface area contributed by atoms with Gasteiger partial charge in [-0.3, -0.25) is 4.79 Å². The minimum absolute atomic E-state index is 0.181. The van der Waals surface area contributed by atoms with Gasteiger partial charge in [-0.15, -0.1) is 0 Å². The first-order valence-corrected chi connectivity index (χ1v) is 4.86. The molecular formula is C10H15N3O3. The molecular weight excluding hydrogens is 210 g/mol. The largest absolute Gasteiger partial charge is 0.477 e. The van der Waals surface area contributed by atoms with Gasteiger partial charge in [-0.2, -0.15) is 5.10 Å². The molecule has 0 amide bonds. The van der Waals surface area contributed by atoms with Crippen LogP contribution in [0.15, 0.2) is 11.0 Å². The van der Waals surface area contributed by atoms with E-state index in [1.165, 1.54) is 13.2 Å². The van der Waals surface area contributed by atoms with Gasteiger partial charge in [-0.05, 0) is 26.1 Å². The number of aromatic nitrogens is 2. The predicted octanol–water partition coefficient (Wildman–Crippen LogP) is -0.417. The first-order chi connectivity index (χ1) is 7.43. The Morgan fingerprint density at radius 1 is 1.56 bits per heavy atom. The van der Waals surface area contributed by atoms with E-state index in [0.717, 1.165) is 4.68 Å². The minimum atomic E-state index is -1.20. The number of carbonyl (C=O) groups is 1. The Hall–Kier alpha value is -1.69. The van der Waals surface area contributed by atoms with Crippen LogP contribution in [0.1, 0.15) is 15.9 Å². The molecule has 1 N–H and O–H groups in total. The van der Waals surface area contributed by atoms with Gasteiger partial charge in [0.1, 0.15) is 5.56 Å². The highest BCUT2D eigenvalue weighted by Gasteiger charge is 2.16. The van der Waals surface area contributed by atoms with Crippen molar-refractivity contribution in [3.63, 3.8) is 0 Å². The zero-order valence-corrected chi connectivity index (χ0v) is 9.60. The van der Waals surface area contributed by atoms with Crippen LogP contribution < -0.4 is 5.56 Å². The zero-order valence-electron chi connectivity index (χ0n) is 9.60. The van der Waals surface area contributed by atoms with Gasteiger partial charge in [0.2, 0.25) is 0 Å². The van der Waals surface area contributed by atoms with Crippen molar-refractivity contribution in [3.8, 4) is 0 Å². The Kier molecular flexibility index (Phi) is 3.78. The maximum absolute atomic E-state index is 11.6. The molecule has 88 valence electrons. The molecule has 1 rings (SSSR count).